The number of ether oxygens (including phenoxy) is 2. The molecule has 2 unspecified atom stereocenters. The third-order valence-electron chi connectivity index (χ3n) is 5.09. The summed E-state index contributed by atoms with van der Waals surface area (Å²) in [5.74, 6) is 0.930. The van der Waals surface area contributed by atoms with Crippen LogP contribution in [0.1, 0.15) is 37.9 Å². The van der Waals surface area contributed by atoms with Crippen molar-refractivity contribution in [3.05, 3.63) is 59.7 Å². The lowest BCUT2D eigenvalue weighted by Crippen LogP contribution is -2.37. The first-order valence-corrected chi connectivity index (χ1v) is 8.97. The molecule has 2 aromatic carbocycles. The Labute approximate surface area is 160 Å². The van der Waals surface area contributed by atoms with Crippen molar-refractivity contribution in [3.8, 4) is 17.6 Å². The van der Waals surface area contributed by atoms with Gasteiger partial charge >= 0.3 is 0 Å². The van der Waals surface area contributed by atoms with Crippen LogP contribution < -0.4 is 9.47 Å². The van der Waals surface area contributed by atoms with E-state index in [2.05, 4.69) is 6.07 Å². The van der Waals surface area contributed by atoms with Gasteiger partial charge in [0, 0.05) is 18.0 Å². The van der Waals surface area contributed by atoms with E-state index in [9.17, 15) is 4.79 Å². The molecule has 0 N–H and O–H groups in total. The second-order valence-corrected chi connectivity index (χ2v) is 7.51. The van der Waals surface area contributed by atoms with Gasteiger partial charge in [0.15, 0.2) is 6.10 Å². The van der Waals surface area contributed by atoms with Crippen LogP contribution in [0, 0.1) is 16.7 Å². The maximum absolute atomic E-state index is 13.1. The Morgan fingerprint density at radius 2 is 1.93 bits per heavy atom. The lowest BCUT2D eigenvalue weighted by atomic mass is 9.89. The molecule has 2 aromatic rings. The molecular formula is C22H24N2O3. The number of rotatable bonds is 5. The van der Waals surface area contributed by atoms with E-state index in [0.717, 1.165) is 5.56 Å². The average Bonchev–Trinajstić information content (AvgIpc) is 2.91. The molecular weight excluding hydrogens is 340 g/mol. The van der Waals surface area contributed by atoms with E-state index < -0.39 is 6.10 Å². The molecule has 0 aliphatic carbocycles. The van der Waals surface area contributed by atoms with Crippen LogP contribution in [0.4, 0.5) is 0 Å². The van der Waals surface area contributed by atoms with E-state index >= 15 is 0 Å². The Bertz CT molecular complexity index is 871. The minimum absolute atomic E-state index is 0.0259. The van der Waals surface area contributed by atoms with Crippen LogP contribution in [0.5, 0.6) is 11.5 Å². The highest BCUT2D eigenvalue weighted by atomic mass is 16.5. The van der Waals surface area contributed by atoms with Crippen molar-refractivity contribution < 1.29 is 14.3 Å². The third kappa shape index (κ3) is 3.61. The van der Waals surface area contributed by atoms with Crippen molar-refractivity contribution in [1.29, 1.82) is 5.26 Å². The fraction of sp³-hybridized carbons (Fsp3) is 0.364. The van der Waals surface area contributed by atoms with Crippen molar-refractivity contribution in [1.82, 2.24) is 4.90 Å². The molecule has 5 heteroatoms. The Morgan fingerprint density at radius 1 is 1.22 bits per heavy atom. The van der Waals surface area contributed by atoms with Gasteiger partial charge in [-0.2, -0.15) is 5.26 Å². The van der Waals surface area contributed by atoms with Crippen LogP contribution in [0.2, 0.25) is 0 Å². The fourth-order valence-corrected chi connectivity index (χ4v) is 3.51. The highest BCUT2D eigenvalue weighted by molar-refractivity contribution is 5.85. The average molecular weight is 364 g/mol. The Balaban J connectivity index is 1.84. The monoisotopic (exact) mass is 364 g/mol. The molecule has 0 saturated carbocycles. The van der Waals surface area contributed by atoms with E-state index in [1.54, 1.807) is 18.2 Å². The highest BCUT2D eigenvalue weighted by Gasteiger charge is 2.49. The SMILES string of the molecule is COc1cc(OC2C(=O)N(C(C)c3ccccc3)CC2(C)C)ccc1C#N. The number of amides is 1. The summed E-state index contributed by atoms with van der Waals surface area (Å²) in [5, 5.41) is 9.12. The zero-order chi connectivity index (χ0) is 19.6. The van der Waals surface area contributed by atoms with Crippen LogP contribution in [0.15, 0.2) is 48.5 Å². The lowest BCUT2D eigenvalue weighted by Gasteiger charge is -2.26. The van der Waals surface area contributed by atoms with Gasteiger partial charge in [-0.3, -0.25) is 4.79 Å². The molecule has 0 aromatic heterocycles. The quantitative estimate of drug-likeness (QED) is 0.806. The third-order valence-corrected chi connectivity index (χ3v) is 5.09. The number of methoxy groups -OCH3 is 1. The summed E-state index contributed by atoms with van der Waals surface area (Å²) in [6.45, 7) is 6.72. The minimum Gasteiger partial charge on any atom is -0.495 e. The van der Waals surface area contributed by atoms with Gasteiger partial charge in [-0.05, 0) is 24.6 Å². The van der Waals surface area contributed by atoms with Gasteiger partial charge in [-0.25, -0.2) is 0 Å². The lowest BCUT2D eigenvalue weighted by molar-refractivity contribution is -0.136. The van der Waals surface area contributed by atoms with E-state index in [4.69, 9.17) is 14.7 Å². The molecule has 3 rings (SSSR count). The van der Waals surface area contributed by atoms with Crippen molar-refractivity contribution in [2.45, 2.75) is 32.9 Å². The van der Waals surface area contributed by atoms with Gasteiger partial charge in [-0.1, -0.05) is 44.2 Å². The molecule has 1 saturated heterocycles. The zero-order valence-corrected chi connectivity index (χ0v) is 16.1. The first-order valence-electron chi connectivity index (χ1n) is 8.97. The summed E-state index contributed by atoms with van der Waals surface area (Å²) < 4.78 is 11.3. The molecule has 140 valence electrons. The van der Waals surface area contributed by atoms with Crippen LogP contribution in [-0.2, 0) is 4.79 Å². The molecule has 0 spiro atoms. The van der Waals surface area contributed by atoms with Crippen LogP contribution >= 0.6 is 0 Å². The van der Waals surface area contributed by atoms with Gasteiger partial charge in [0.1, 0.15) is 17.6 Å². The van der Waals surface area contributed by atoms with Crippen molar-refractivity contribution in [2.75, 3.05) is 13.7 Å². The van der Waals surface area contributed by atoms with E-state index in [1.807, 2.05) is 56.0 Å². The van der Waals surface area contributed by atoms with Crippen molar-refractivity contribution in [3.63, 3.8) is 0 Å². The summed E-state index contributed by atoms with van der Waals surface area (Å²) >= 11 is 0. The summed E-state index contributed by atoms with van der Waals surface area (Å²) in [5.41, 5.74) is 1.19. The summed E-state index contributed by atoms with van der Waals surface area (Å²) in [6.07, 6.45) is -0.596. The smallest absolute Gasteiger partial charge is 0.264 e. The number of carbonyl (C=O) groups excluding carboxylic acids is 1. The normalized spacial score (nSPS) is 19.4. The number of hydrogen-bond acceptors (Lipinski definition) is 4. The predicted molar refractivity (Wildman–Crippen MR) is 102 cm³/mol. The zero-order valence-electron chi connectivity index (χ0n) is 16.1. The number of nitriles is 1. The number of benzene rings is 2. The molecule has 1 heterocycles. The fourth-order valence-electron chi connectivity index (χ4n) is 3.51. The molecule has 1 fully saturated rings. The number of nitrogens with zero attached hydrogens (tertiary/aromatic N) is 2. The topological polar surface area (TPSA) is 62.6 Å². The largest absolute Gasteiger partial charge is 0.495 e. The van der Waals surface area contributed by atoms with E-state index in [-0.39, 0.29) is 17.4 Å². The maximum Gasteiger partial charge on any atom is 0.264 e. The van der Waals surface area contributed by atoms with E-state index in [1.165, 1.54) is 7.11 Å². The number of carbonyl (C=O) groups is 1. The standard InChI is InChI=1S/C22H24N2O3/c1-15(16-8-6-5-7-9-16)24-14-22(2,3)20(21(24)25)27-18-11-10-17(13-23)19(12-18)26-4/h5-12,15,20H,14H2,1-4H3. The van der Waals surface area contributed by atoms with Gasteiger partial charge in [-0.15, -0.1) is 0 Å². The highest BCUT2D eigenvalue weighted by Crippen LogP contribution is 2.39. The van der Waals surface area contributed by atoms with Gasteiger partial charge < -0.3 is 14.4 Å². The van der Waals surface area contributed by atoms with Crippen LogP contribution in [-0.4, -0.2) is 30.6 Å². The molecule has 27 heavy (non-hydrogen) atoms. The Kier molecular flexibility index (Phi) is 5.09. The van der Waals surface area contributed by atoms with Gasteiger partial charge in [0.2, 0.25) is 0 Å². The molecule has 0 bridgehead atoms. The molecule has 5 nitrogen and oxygen atoms in total. The van der Waals surface area contributed by atoms with Crippen LogP contribution in [0.3, 0.4) is 0 Å². The molecule has 1 aliphatic heterocycles. The summed E-state index contributed by atoms with van der Waals surface area (Å²) in [4.78, 5) is 15.0. The first kappa shape index (κ1) is 18.8. The number of hydrogen-bond donors (Lipinski definition) is 0. The first-order chi connectivity index (χ1) is 12.9. The molecule has 0 radical (unpaired) electrons. The second kappa shape index (κ2) is 7.32. The Hall–Kier alpha value is -3.00. The number of likely N-dealkylation sites (tertiary alicyclic amines) is 1. The summed E-state index contributed by atoms with van der Waals surface area (Å²) in [6, 6.07) is 17.0. The summed E-state index contributed by atoms with van der Waals surface area (Å²) in [7, 11) is 1.51. The second-order valence-electron chi connectivity index (χ2n) is 7.51. The van der Waals surface area contributed by atoms with Crippen LogP contribution in [0.25, 0.3) is 0 Å². The van der Waals surface area contributed by atoms with Gasteiger partial charge in [0.25, 0.3) is 5.91 Å². The van der Waals surface area contributed by atoms with E-state index in [0.29, 0.717) is 23.6 Å². The molecule has 2 atom stereocenters. The molecule has 1 aliphatic rings. The minimum atomic E-state index is -0.596. The Morgan fingerprint density at radius 3 is 2.56 bits per heavy atom. The molecule has 1 amide bonds. The van der Waals surface area contributed by atoms with Crippen molar-refractivity contribution in [2.24, 2.45) is 5.41 Å². The van der Waals surface area contributed by atoms with Crippen molar-refractivity contribution >= 4 is 5.91 Å². The maximum atomic E-state index is 13.1. The predicted octanol–water partition coefficient (Wildman–Crippen LogP) is 3.94. The van der Waals surface area contributed by atoms with Gasteiger partial charge in [0.05, 0.1) is 18.7 Å².